The molecule has 1 rings (SSSR count). The van der Waals surface area contributed by atoms with Crippen LogP contribution in [0.5, 0.6) is 0 Å². The Morgan fingerprint density at radius 3 is 2.19 bits per heavy atom. The van der Waals surface area contributed by atoms with Crippen LogP contribution in [-0.4, -0.2) is 22.9 Å². The zero-order valence-corrected chi connectivity index (χ0v) is 12.0. The van der Waals surface area contributed by atoms with E-state index in [1.807, 2.05) is 6.92 Å². The van der Waals surface area contributed by atoms with Gasteiger partial charge in [-0.05, 0) is 28.4 Å². The lowest BCUT2D eigenvalue weighted by Gasteiger charge is -2.24. The van der Waals surface area contributed by atoms with Crippen LogP contribution in [0.15, 0.2) is 24.3 Å². The molecule has 0 radical (unpaired) electrons. The first-order chi connectivity index (χ1) is 7.16. The van der Waals surface area contributed by atoms with E-state index in [-0.39, 0.29) is 0 Å². The molecule has 0 fully saturated rings. The molecule has 0 bridgehead atoms. The van der Waals surface area contributed by atoms with Gasteiger partial charge in [0.15, 0.2) is 9.84 Å². The molecule has 0 unspecified atom stereocenters. The van der Waals surface area contributed by atoms with Crippen LogP contribution >= 0.6 is 27.5 Å². The van der Waals surface area contributed by atoms with Crippen molar-refractivity contribution >= 4 is 37.4 Å². The van der Waals surface area contributed by atoms with Gasteiger partial charge in [0.25, 0.3) is 0 Å². The molecule has 2 atom stereocenters. The Morgan fingerprint density at radius 2 is 1.81 bits per heavy atom. The van der Waals surface area contributed by atoms with Crippen LogP contribution < -0.4 is 0 Å². The van der Waals surface area contributed by atoms with Crippen molar-refractivity contribution in [3.8, 4) is 0 Å². The molecule has 3 nitrogen and oxygen atoms in total. The van der Waals surface area contributed by atoms with Crippen LogP contribution in [0.25, 0.3) is 0 Å². The molecule has 16 heavy (non-hydrogen) atoms. The summed E-state index contributed by atoms with van der Waals surface area (Å²) in [5.74, 6) is 0. The van der Waals surface area contributed by atoms with E-state index < -0.39 is 19.1 Å². The molecule has 1 N–H and O–H groups in total. The number of sulfone groups is 1. The minimum atomic E-state index is -3.63. The number of aryl methyl sites for hydroxylation is 1. The standard InChI is InChI=1S/C10H12BrClO3S/c1-7-3-5-8(6-4-7)9(13)10(11,12)16(2,14)15/h3-6,9,13H,1-2H3/t9-,10+/m0/s1. The van der Waals surface area contributed by atoms with Crippen LogP contribution in [-0.2, 0) is 9.84 Å². The fourth-order valence-corrected chi connectivity index (χ4v) is 2.08. The maximum absolute atomic E-state index is 11.4. The SMILES string of the molecule is Cc1ccc([C@H](O)[C@](Cl)(Br)S(C)(=O)=O)cc1. The first-order valence-electron chi connectivity index (χ1n) is 4.48. The molecule has 90 valence electrons. The van der Waals surface area contributed by atoms with Gasteiger partial charge in [-0.25, -0.2) is 8.42 Å². The molecule has 0 saturated heterocycles. The minimum Gasteiger partial charge on any atom is -0.385 e. The fraction of sp³-hybridized carbons (Fsp3) is 0.400. The highest BCUT2D eigenvalue weighted by molar-refractivity contribution is 9.12. The zero-order valence-electron chi connectivity index (χ0n) is 8.81. The van der Waals surface area contributed by atoms with Crippen LogP contribution in [0.4, 0.5) is 0 Å². The zero-order chi connectivity index (χ0) is 12.6. The van der Waals surface area contributed by atoms with E-state index in [4.69, 9.17) is 11.6 Å². The normalized spacial score (nSPS) is 17.8. The molecule has 0 amide bonds. The van der Waals surface area contributed by atoms with Crippen molar-refractivity contribution in [1.29, 1.82) is 0 Å². The van der Waals surface area contributed by atoms with Gasteiger partial charge in [-0.1, -0.05) is 41.4 Å². The molecule has 1 aromatic rings. The smallest absolute Gasteiger partial charge is 0.228 e. The van der Waals surface area contributed by atoms with Crippen molar-refractivity contribution in [1.82, 2.24) is 0 Å². The second kappa shape index (κ2) is 4.64. The van der Waals surface area contributed by atoms with Gasteiger partial charge in [0.1, 0.15) is 6.10 Å². The van der Waals surface area contributed by atoms with Gasteiger partial charge in [-0.3, -0.25) is 0 Å². The van der Waals surface area contributed by atoms with Gasteiger partial charge >= 0.3 is 0 Å². The van der Waals surface area contributed by atoms with E-state index in [0.29, 0.717) is 5.56 Å². The lowest BCUT2D eigenvalue weighted by Crippen LogP contribution is -2.32. The van der Waals surface area contributed by atoms with E-state index in [1.54, 1.807) is 24.3 Å². The molecule has 0 aliphatic rings. The quantitative estimate of drug-likeness (QED) is 0.867. The maximum atomic E-state index is 11.4. The summed E-state index contributed by atoms with van der Waals surface area (Å²) in [6.07, 6.45) is -0.364. The van der Waals surface area contributed by atoms with Gasteiger partial charge in [0.2, 0.25) is 3.12 Å². The average molecular weight is 328 g/mol. The summed E-state index contributed by atoms with van der Waals surface area (Å²) in [7, 11) is -3.63. The molecule has 0 spiro atoms. The molecule has 0 heterocycles. The Balaban J connectivity index is 3.12. The van der Waals surface area contributed by atoms with Crippen LogP contribution in [0.3, 0.4) is 0 Å². The Bertz CT molecular complexity index is 467. The summed E-state index contributed by atoms with van der Waals surface area (Å²) < 4.78 is 20.9. The second-order valence-corrected chi connectivity index (χ2v) is 8.89. The summed E-state index contributed by atoms with van der Waals surface area (Å²) in [4.78, 5) is 0. The highest BCUT2D eigenvalue weighted by atomic mass is 79.9. The predicted molar refractivity (Wildman–Crippen MR) is 68.5 cm³/mol. The molecule has 0 aliphatic heterocycles. The summed E-state index contributed by atoms with van der Waals surface area (Å²) in [5, 5.41) is 9.92. The summed E-state index contributed by atoms with van der Waals surface area (Å²) >= 11 is 8.67. The monoisotopic (exact) mass is 326 g/mol. The van der Waals surface area contributed by atoms with Crippen LogP contribution in [0.1, 0.15) is 17.2 Å². The van der Waals surface area contributed by atoms with Crippen LogP contribution in [0, 0.1) is 6.92 Å². The summed E-state index contributed by atoms with van der Waals surface area (Å²) in [6, 6.07) is 6.84. The van der Waals surface area contributed by atoms with Gasteiger partial charge in [-0.2, -0.15) is 0 Å². The highest BCUT2D eigenvalue weighted by Crippen LogP contribution is 2.41. The number of hydrogen-bond acceptors (Lipinski definition) is 3. The largest absolute Gasteiger partial charge is 0.385 e. The fourth-order valence-electron chi connectivity index (χ4n) is 1.15. The van der Waals surface area contributed by atoms with Gasteiger partial charge in [-0.15, -0.1) is 0 Å². The van der Waals surface area contributed by atoms with Crippen molar-refractivity contribution in [2.24, 2.45) is 0 Å². The Hall–Kier alpha value is -0.100. The minimum absolute atomic E-state index is 0.447. The van der Waals surface area contributed by atoms with E-state index >= 15 is 0 Å². The first kappa shape index (κ1) is 14.0. The van der Waals surface area contributed by atoms with Crippen molar-refractivity contribution in [3.63, 3.8) is 0 Å². The molecule has 6 heteroatoms. The highest BCUT2D eigenvalue weighted by Gasteiger charge is 2.44. The van der Waals surface area contributed by atoms with E-state index in [2.05, 4.69) is 15.9 Å². The van der Waals surface area contributed by atoms with Gasteiger partial charge in [0.05, 0.1) is 0 Å². The van der Waals surface area contributed by atoms with Crippen molar-refractivity contribution in [2.45, 2.75) is 16.1 Å². The van der Waals surface area contributed by atoms with Gasteiger partial charge in [0, 0.05) is 6.26 Å². The van der Waals surface area contributed by atoms with E-state index in [0.717, 1.165) is 11.8 Å². The number of halogens is 2. The molecule has 0 saturated carbocycles. The van der Waals surface area contributed by atoms with Crippen molar-refractivity contribution in [2.75, 3.05) is 6.26 Å². The predicted octanol–water partition coefficient (Wildman–Crippen LogP) is 2.36. The summed E-state index contributed by atoms with van der Waals surface area (Å²) in [5.41, 5.74) is 1.47. The Morgan fingerprint density at radius 1 is 1.38 bits per heavy atom. The topological polar surface area (TPSA) is 54.4 Å². The van der Waals surface area contributed by atoms with Crippen molar-refractivity contribution < 1.29 is 13.5 Å². The van der Waals surface area contributed by atoms with Crippen molar-refractivity contribution in [3.05, 3.63) is 35.4 Å². The summed E-state index contributed by atoms with van der Waals surface area (Å²) in [6.45, 7) is 1.90. The lowest BCUT2D eigenvalue weighted by molar-refractivity contribution is 0.185. The van der Waals surface area contributed by atoms with E-state index in [1.165, 1.54) is 0 Å². The number of aliphatic hydroxyl groups is 1. The third-order valence-corrected chi connectivity index (χ3v) is 6.66. The van der Waals surface area contributed by atoms with Crippen LogP contribution in [0.2, 0.25) is 0 Å². The third-order valence-electron chi connectivity index (χ3n) is 2.21. The lowest BCUT2D eigenvalue weighted by atomic mass is 10.1. The van der Waals surface area contributed by atoms with Gasteiger partial charge < -0.3 is 5.11 Å². The number of aliphatic hydroxyl groups excluding tert-OH is 1. The number of rotatable bonds is 3. The molecule has 0 aromatic heterocycles. The molecular formula is C10H12BrClO3S. The first-order valence-corrected chi connectivity index (χ1v) is 7.54. The Labute approximate surface area is 108 Å². The molecular weight excluding hydrogens is 316 g/mol. The average Bonchev–Trinajstić information content (AvgIpc) is 2.16. The maximum Gasteiger partial charge on any atom is 0.228 e. The Kier molecular flexibility index (Phi) is 4.05. The third kappa shape index (κ3) is 2.77. The second-order valence-electron chi connectivity index (χ2n) is 3.65. The molecule has 0 aliphatic carbocycles. The number of benzene rings is 1. The number of alkyl halides is 2. The number of hydrogen-bond donors (Lipinski definition) is 1. The van der Waals surface area contributed by atoms with E-state index in [9.17, 15) is 13.5 Å². The molecule has 1 aromatic carbocycles.